The molecule has 5 heteroatoms. The minimum absolute atomic E-state index is 0.0617. The number of ketones is 1. The van der Waals surface area contributed by atoms with E-state index in [1.807, 2.05) is 32.0 Å². The van der Waals surface area contributed by atoms with Crippen molar-refractivity contribution in [2.45, 2.75) is 26.7 Å². The molecule has 2 rings (SSSR count). The summed E-state index contributed by atoms with van der Waals surface area (Å²) in [6.07, 6.45) is 1.54. The average Bonchev–Trinajstić information content (AvgIpc) is 2.60. The van der Waals surface area contributed by atoms with Gasteiger partial charge in [-0.05, 0) is 48.2 Å². The van der Waals surface area contributed by atoms with Crippen LogP contribution in [0.1, 0.15) is 45.7 Å². The Morgan fingerprint density at radius 3 is 2.46 bits per heavy atom. The lowest BCUT2D eigenvalue weighted by molar-refractivity contribution is 0.0471. The fraction of sp³-hybridized carbons (Fsp3) is 0.263. The highest BCUT2D eigenvalue weighted by molar-refractivity contribution is 6.31. The molecule has 24 heavy (non-hydrogen) atoms. The molecule has 0 bridgehead atoms. The smallest absolute Gasteiger partial charge is 0.342 e. The predicted octanol–water partition coefficient (Wildman–Crippen LogP) is 4.21. The SMILES string of the molecule is CCc1ccc(CC)c(C(=O)COC(=O)c2cc(Cl)ccc2O)c1. The number of aromatic hydroxyl groups is 1. The molecule has 0 aliphatic heterocycles. The molecule has 0 unspecified atom stereocenters. The highest BCUT2D eigenvalue weighted by atomic mass is 35.5. The van der Waals surface area contributed by atoms with Crippen LogP contribution in [0.15, 0.2) is 36.4 Å². The van der Waals surface area contributed by atoms with Gasteiger partial charge in [0, 0.05) is 10.6 Å². The van der Waals surface area contributed by atoms with E-state index in [2.05, 4.69) is 0 Å². The van der Waals surface area contributed by atoms with Crippen molar-refractivity contribution < 1.29 is 19.4 Å². The number of aryl methyl sites for hydroxylation is 2. The van der Waals surface area contributed by atoms with Gasteiger partial charge in [-0.1, -0.05) is 37.6 Å². The third-order valence-electron chi connectivity index (χ3n) is 3.78. The topological polar surface area (TPSA) is 63.6 Å². The van der Waals surface area contributed by atoms with Gasteiger partial charge < -0.3 is 9.84 Å². The van der Waals surface area contributed by atoms with Crippen LogP contribution in [0.3, 0.4) is 0 Å². The zero-order valence-electron chi connectivity index (χ0n) is 13.6. The van der Waals surface area contributed by atoms with E-state index >= 15 is 0 Å². The lowest BCUT2D eigenvalue weighted by atomic mass is 9.98. The summed E-state index contributed by atoms with van der Waals surface area (Å²) in [5.41, 5.74) is 2.47. The van der Waals surface area contributed by atoms with Gasteiger partial charge in [-0.2, -0.15) is 0 Å². The van der Waals surface area contributed by atoms with Gasteiger partial charge in [0.05, 0.1) is 0 Å². The lowest BCUT2D eigenvalue weighted by Gasteiger charge is -2.10. The number of rotatable bonds is 6. The van der Waals surface area contributed by atoms with Crippen LogP contribution < -0.4 is 0 Å². The van der Waals surface area contributed by atoms with Crippen molar-refractivity contribution in [3.63, 3.8) is 0 Å². The number of benzene rings is 2. The molecule has 4 nitrogen and oxygen atoms in total. The average molecular weight is 347 g/mol. The second kappa shape index (κ2) is 7.97. The van der Waals surface area contributed by atoms with E-state index in [1.165, 1.54) is 18.2 Å². The fourth-order valence-corrected chi connectivity index (χ4v) is 2.54. The molecular weight excluding hydrogens is 328 g/mol. The van der Waals surface area contributed by atoms with Crippen molar-refractivity contribution in [1.29, 1.82) is 0 Å². The van der Waals surface area contributed by atoms with Crippen molar-refractivity contribution in [3.05, 3.63) is 63.7 Å². The largest absolute Gasteiger partial charge is 0.507 e. The van der Waals surface area contributed by atoms with E-state index in [1.54, 1.807) is 0 Å². The monoisotopic (exact) mass is 346 g/mol. The maximum Gasteiger partial charge on any atom is 0.342 e. The summed E-state index contributed by atoms with van der Waals surface area (Å²) >= 11 is 5.81. The first-order valence-electron chi connectivity index (χ1n) is 7.76. The van der Waals surface area contributed by atoms with Crippen LogP contribution in [0.5, 0.6) is 5.75 Å². The van der Waals surface area contributed by atoms with Crippen LogP contribution in [0.2, 0.25) is 5.02 Å². The lowest BCUT2D eigenvalue weighted by Crippen LogP contribution is -2.16. The number of halogens is 1. The molecule has 0 aliphatic rings. The first kappa shape index (κ1) is 18.0. The van der Waals surface area contributed by atoms with Gasteiger partial charge >= 0.3 is 5.97 Å². The van der Waals surface area contributed by atoms with Crippen molar-refractivity contribution in [3.8, 4) is 5.75 Å². The minimum Gasteiger partial charge on any atom is -0.507 e. The molecule has 126 valence electrons. The molecule has 0 amide bonds. The number of esters is 1. The Labute approximate surface area is 146 Å². The zero-order chi connectivity index (χ0) is 17.7. The van der Waals surface area contributed by atoms with Crippen molar-refractivity contribution in [1.82, 2.24) is 0 Å². The van der Waals surface area contributed by atoms with Crippen LogP contribution in [0.4, 0.5) is 0 Å². The molecule has 0 spiro atoms. The standard InChI is InChI=1S/C19H19ClO4/c1-3-12-5-6-13(4-2)15(9-12)18(22)11-24-19(23)16-10-14(20)7-8-17(16)21/h5-10,21H,3-4,11H2,1-2H3. The van der Waals surface area contributed by atoms with Gasteiger partial charge in [0.25, 0.3) is 0 Å². The number of phenolic OH excluding ortho intramolecular Hbond substituents is 1. The van der Waals surface area contributed by atoms with Gasteiger partial charge in [0.15, 0.2) is 6.61 Å². The number of Topliss-reactive ketones (excluding diaryl/α,β-unsaturated/α-hetero) is 1. The Morgan fingerprint density at radius 1 is 1.04 bits per heavy atom. The number of carbonyl (C=O) groups excluding carboxylic acids is 2. The van der Waals surface area contributed by atoms with Gasteiger partial charge in [-0.3, -0.25) is 4.79 Å². The summed E-state index contributed by atoms with van der Waals surface area (Å²) in [4.78, 5) is 24.5. The van der Waals surface area contributed by atoms with E-state index in [9.17, 15) is 14.7 Å². The third kappa shape index (κ3) is 4.15. The molecular formula is C19H19ClO4. The summed E-state index contributed by atoms with van der Waals surface area (Å²) in [5, 5.41) is 9.99. The van der Waals surface area contributed by atoms with E-state index in [0.717, 1.165) is 17.5 Å². The van der Waals surface area contributed by atoms with Crippen LogP contribution in [-0.2, 0) is 17.6 Å². The predicted molar refractivity (Wildman–Crippen MR) is 92.9 cm³/mol. The Morgan fingerprint density at radius 2 is 1.79 bits per heavy atom. The molecule has 2 aromatic carbocycles. The summed E-state index contributed by atoms with van der Waals surface area (Å²) < 4.78 is 5.05. The Bertz CT molecular complexity index is 768. The second-order valence-corrected chi connectivity index (χ2v) is 5.80. The molecule has 0 heterocycles. The highest BCUT2D eigenvalue weighted by Crippen LogP contribution is 2.22. The van der Waals surface area contributed by atoms with E-state index in [-0.39, 0.29) is 23.7 Å². The Balaban J connectivity index is 2.13. The normalized spacial score (nSPS) is 10.5. The first-order valence-corrected chi connectivity index (χ1v) is 8.14. The molecule has 1 N–H and O–H groups in total. The fourth-order valence-electron chi connectivity index (χ4n) is 2.37. The van der Waals surface area contributed by atoms with E-state index in [0.29, 0.717) is 17.0 Å². The quantitative estimate of drug-likeness (QED) is 0.628. The maximum absolute atomic E-state index is 12.4. The molecule has 0 atom stereocenters. The Hall–Kier alpha value is -2.33. The number of carbonyl (C=O) groups is 2. The number of hydrogen-bond donors (Lipinski definition) is 1. The van der Waals surface area contributed by atoms with Gasteiger partial charge in [-0.15, -0.1) is 0 Å². The number of ether oxygens (including phenoxy) is 1. The summed E-state index contributed by atoms with van der Waals surface area (Å²) in [6.45, 7) is 3.59. The van der Waals surface area contributed by atoms with Gasteiger partial charge in [0.2, 0.25) is 5.78 Å². The molecule has 0 saturated heterocycles. The maximum atomic E-state index is 12.4. The van der Waals surface area contributed by atoms with Crippen molar-refractivity contribution in [2.75, 3.05) is 6.61 Å². The summed E-state index contributed by atoms with van der Waals surface area (Å²) in [6, 6.07) is 9.83. The van der Waals surface area contributed by atoms with Gasteiger partial charge in [-0.25, -0.2) is 4.79 Å². The van der Waals surface area contributed by atoms with Crippen molar-refractivity contribution >= 4 is 23.4 Å². The third-order valence-corrected chi connectivity index (χ3v) is 4.01. The van der Waals surface area contributed by atoms with Crippen LogP contribution in [0.25, 0.3) is 0 Å². The molecule has 0 aromatic heterocycles. The first-order chi connectivity index (χ1) is 11.5. The second-order valence-electron chi connectivity index (χ2n) is 5.36. The minimum atomic E-state index is -0.784. The molecule has 0 aliphatic carbocycles. The van der Waals surface area contributed by atoms with Crippen LogP contribution in [0, 0.1) is 0 Å². The summed E-state index contributed by atoms with van der Waals surface area (Å²) in [5.74, 6) is -1.29. The summed E-state index contributed by atoms with van der Waals surface area (Å²) in [7, 11) is 0. The van der Waals surface area contributed by atoms with E-state index < -0.39 is 5.97 Å². The molecule has 0 fully saturated rings. The van der Waals surface area contributed by atoms with E-state index in [4.69, 9.17) is 16.3 Å². The molecule has 2 aromatic rings. The molecule has 0 radical (unpaired) electrons. The molecule has 0 saturated carbocycles. The number of phenols is 1. The van der Waals surface area contributed by atoms with Crippen LogP contribution in [-0.4, -0.2) is 23.5 Å². The van der Waals surface area contributed by atoms with Crippen molar-refractivity contribution in [2.24, 2.45) is 0 Å². The Kier molecular flexibility index (Phi) is 5.99. The highest BCUT2D eigenvalue weighted by Gasteiger charge is 2.17. The van der Waals surface area contributed by atoms with Gasteiger partial charge in [0.1, 0.15) is 11.3 Å². The number of hydrogen-bond acceptors (Lipinski definition) is 4. The zero-order valence-corrected chi connectivity index (χ0v) is 14.4. The van der Waals surface area contributed by atoms with Crippen LogP contribution >= 0.6 is 11.6 Å².